The van der Waals surface area contributed by atoms with Gasteiger partial charge in [0.1, 0.15) is 6.61 Å². The summed E-state index contributed by atoms with van der Waals surface area (Å²) in [6.07, 6.45) is 5.16. The molecule has 102 valence electrons. The van der Waals surface area contributed by atoms with Gasteiger partial charge in [-0.1, -0.05) is 62.8 Å². The lowest BCUT2D eigenvalue weighted by Crippen LogP contribution is -2.31. The van der Waals surface area contributed by atoms with Crippen molar-refractivity contribution in [3.05, 3.63) is 48.0 Å². The van der Waals surface area contributed by atoms with Crippen LogP contribution in [0.2, 0.25) is 0 Å². The van der Waals surface area contributed by atoms with Crippen LogP contribution in [0.4, 0.5) is 4.79 Å². The molecule has 1 aliphatic rings. The second-order valence-corrected chi connectivity index (χ2v) is 5.03. The van der Waals surface area contributed by atoms with Crippen LogP contribution in [0.25, 0.3) is 0 Å². The predicted molar refractivity (Wildman–Crippen MR) is 75.7 cm³/mol. The molecule has 0 aromatic heterocycles. The van der Waals surface area contributed by atoms with Gasteiger partial charge >= 0.3 is 6.09 Å². The lowest BCUT2D eigenvalue weighted by atomic mass is 10.1. The van der Waals surface area contributed by atoms with E-state index in [9.17, 15) is 4.79 Å². The van der Waals surface area contributed by atoms with Crippen molar-refractivity contribution >= 4 is 6.09 Å². The SMILES string of the molecule is CC[C@@H](C)/C=C/[C@H]1COC(=O)N1Cc1ccccc1. The summed E-state index contributed by atoms with van der Waals surface area (Å²) in [5.74, 6) is 0.536. The van der Waals surface area contributed by atoms with Gasteiger partial charge in [-0.15, -0.1) is 0 Å². The number of hydrogen-bond acceptors (Lipinski definition) is 2. The Bertz CT molecular complexity index is 441. The molecule has 0 saturated carbocycles. The molecule has 1 amide bonds. The molecule has 1 fully saturated rings. The van der Waals surface area contributed by atoms with Crippen molar-refractivity contribution in [3.8, 4) is 0 Å². The first-order valence-electron chi connectivity index (χ1n) is 6.86. The van der Waals surface area contributed by atoms with Crippen molar-refractivity contribution < 1.29 is 9.53 Å². The largest absolute Gasteiger partial charge is 0.447 e. The molecule has 3 nitrogen and oxygen atoms in total. The minimum absolute atomic E-state index is 0.0571. The first-order chi connectivity index (χ1) is 9.20. The minimum atomic E-state index is -0.220. The van der Waals surface area contributed by atoms with E-state index in [2.05, 4.69) is 26.0 Å². The molecular weight excluding hydrogens is 238 g/mol. The Morgan fingerprint density at radius 1 is 1.42 bits per heavy atom. The number of nitrogens with zero attached hydrogens (tertiary/aromatic N) is 1. The van der Waals surface area contributed by atoms with Crippen LogP contribution in [0.5, 0.6) is 0 Å². The highest BCUT2D eigenvalue weighted by molar-refractivity contribution is 5.70. The molecule has 2 atom stereocenters. The highest BCUT2D eigenvalue weighted by Crippen LogP contribution is 2.18. The number of allylic oxidation sites excluding steroid dienone is 1. The van der Waals surface area contributed by atoms with Gasteiger partial charge in [-0.25, -0.2) is 4.79 Å². The van der Waals surface area contributed by atoms with E-state index in [4.69, 9.17) is 4.74 Å². The molecule has 0 bridgehead atoms. The van der Waals surface area contributed by atoms with Crippen molar-refractivity contribution in [1.82, 2.24) is 4.90 Å². The summed E-state index contributed by atoms with van der Waals surface area (Å²) < 4.78 is 5.15. The maximum Gasteiger partial charge on any atom is 0.410 e. The average Bonchev–Trinajstić information content (AvgIpc) is 2.78. The summed E-state index contributed by atoms with van der Waals surface area (Å²) in [5, 5.41) is 0. The molecular formula is C16H21NO2. The van der Waals surface area contributed by atoms with Gasteiger partial charge in [-0.3, -0.25) is 4.90 Å². The second kappa shape index (κ2) is 6.41. The fourth-order valence-corrected chi connectivity index (χ4v) is 2.04. The Labute approximate surface area is 114 Å². The van der Waals surface area contributed by atoms with E-state index in [1.165, 1.54) is 0 Å². The van der Waals surface area contributed by atoms with E-state index in [1.807, 2.05) is 30.3 Å². The number of benzene rings is 1. The highest BCUT2D eigenvalue weighted by atomic mass is 16.6. The molecule has 0 radical (unpaired) electrons. The summed E-state index contributed by atoms with van der Waals surface area (Å²) >= 11 is 0. The quantitative estimate of drug-likeness (QED) is 0.756. The van der Waals surface area contributed by atoms with Crippen molar-refractivity contribution in [2.45, 2.75) is 32.9 Å². The zero-order valence-electron chi connectivity index (χ0n) is 11.6. The summed E-state index contributed by atoms with van der Waals surface area (Å²) in [4.78, 5) is 13.6. The van der Waals surface area contributed by atoms with Gasteiger partial charge in [0.25, 0.3) is 0 Å². The van der Waals surface area contributed by atoms with Crippen molar-refractivity contribution in [2.75, 3.05) is 6.61 Å². The lowest BCUT2D eigenvalue weighted by Gasteiger charge is -2.19. The molecule has 19 heavy (non-hydrogen) atoms. The van der Waals surface area contributed by atoms with E-state index in [1.54, 1.807) is 4.90 Å². The van der Waals surface area contributed by atoms with Gasteiger partial charge in [0, 0.05) is 6.54 Å². The van der Waals surface area contributed by atoms with E-state index in [0.29, 0.717) is 19.1 Å². The monoisotopic (exact) mass is 259 g/mol. The third-order valence-corrected chi connectivity index (χ3v) is 3.51. The maximum atomic E-state index is 11.8. The zero-order valence-corrected chi connectivity index (χ0v) is 11.6. The third kappa shape index (κ3) is 3.60. The second-order valence-electron chi connectivity index (χ2n) is 5.03. The van der Waals surface area contributed by atoms with Crippen molar-refractivity contribution in [3.63, 3.8) is 0 Å². The van der Waals surface area contributed by atoms with Crippen molar-refractivity contribution in [1.29, 1.82) is 0 Å². The van der Waals surface area contributed by atoms with Crippen LogP contribution >= 0.6 is 0 Å². The molecule has 0 unspecified atom stereocenters. The van der Waals surface area contributed by atoms with Gasteiger partial charge in [-0.05, 0) is 11.5 Å². The van der Waals surface area contributed by atoms with Gasteiger partial charge in [-0.2, -0.15) is 0 Å². The number of cyclic esters (lactones) is 1. The molecule has 3 heteroatoms. The molecule has 1 aromatic carbocycles. The number of rotatable bonds is 5. The lowest BCUT2D eigenvalue weighted by molar-refractivity contribution is 0.156. The smallest absolute Gasteiger partial charge is 0.410 e. The molecule has 1 saturated heterocycles. The fraction of sp³-hybridized carbons (Fsp3) is 0.438. The third-order valence-electron chi connectivity index (χ3n) is 3.51. The van der Waals surface area contributed by atoms with Gasteiger partial charge in [0.2, 0.25) is 0 Å². The van der Waals surface area contributed by atoms with Crippen LogP contribution < -0.4 is 0 Å². The molecule has 1 aromatic rings. The number of amides is 1. The molecule has 0 aliphatic carbocycles. The first kappa shape index (κ1) is 13.7. The minimum Gasteiger partial charge on any atom is -0.447 e. The molecule has 2 rings (SSSR count). The summed E-state index contributed by atoms with van der Waals surface area (Å²) in [7, 11) is 0. The Kier molecular flexibility index (Phi) is 4.61. The van der Waals surface area contributed by atoms with Crippen LogP contribution in [0.1, 0.15) is 25.8 Å². The van der Waals surface area contributed by atoms with Gasteiger partial charge in [0.15, 0.2) is 0 Å². The van der Waals surface area contributed by atoms with Gasteiger partial charge < -0.3 is 4.74 Å². The molecule has 1 heterocycles. The fourth-order valence-electron chi connectivity index (χ4n) is 2.04. The highest BCUT2D eigenvalue weighted by Gasteiger charge is 2.30. The number of ether oxygens (including phenoxy) is 1. The summed E-state index contributed by atoms with van der Waals surface area (Å²) in [6, 6.07) is 10.1. The van der Waals surface area contributed by atoms with E-state index >= 15 is 0 Å². The van der Waals surface area contributed by atoms with E-state index in [-0.39, 0.29) is 12.1 Å². The first-order valence-corrected chi connectivity index (χ1v) is 6.86. The topological polar surface area (TPSA) is 29.5 Å². The number of hydrogen-bond donors (Lipinski definition) is 0. The zero-order chi connectivity index (χ0) is 13.7. The number of carbonyl (C=O) groups is 1. The Hall–Kier alpha value is -1.77. The Morgan fingerprint density at radius 3 is 2.84 bits per heavy atom. The maximum absolute atomic E-state index is 11.8. The molecule has 1 aliphatic heterocycles. The van der Waals surface area contributed by atoms with E-state index in [0.717, 1.165) is 12.0 Å². The summed E-state index contributed by atoms with van der Waals surface area (Å²) in [6.45, 7) is 5.40. The van der Waals surface area contributed by atoms with Crippen LogP contribution in [-0.4, -0.2) is 23.6 Å². The van der Waals surface area contributed by atoms with Crippen LogP contribution in [-0.2, 0) is 11.3 Å². The Morgan fingerprint density at radius 2 is 2.16 bits per heavy atom. The standard InChI is InChI=1S/C16H21NO2/c1-3-13(2)9-10-15-12-19-16(18)17(15)11-14-7-5-4-6-8-14/h4-10,13,15H,3,11-12H2,1-2H3/b10-9+/t13-,15+/m1/s1. The Balaban J connectivity index is 2.03. The summed E-state index contributed by atoms with van der Waals surface area (Å²) in [5.41, 5.74) is 1.13. The molecule has 0 N–H and O–H groups in total. The predicted octanol–water partition coefficient (Wildman–Crippen LogP) is 3.61. The van der Waals surface area contributed by atoms with Gasteiger partial charge in [0.05, 0.1) is 6.04 Å². The normalized spacial score (nSPS) is 20.8. The van der Waals surface area contributed by atoms with Crippen LogP contribution in [0.15, 0.2) is 42.5 Å². The van der Waals surface area contributed by atoms with Crippen molar-refractivity contribution in [2.24, 2.45) is 5.92 Å². The van der Waals surface area contributed by atoms with Crippen LogP contribution in [0, 0.1) is 5.92 Å². The molecule has 0 spiro atoms. The average molecular weight is 259 g/mol. The van der Waals surface area contributed by atoms with Crippen LogP contribution in [0.3, 0.4) is 0 Å². The van der Waals surface area contributed by atoms with E-state index < -0.39 is 0 Å². The number of carbonyl (C=O) groups excluding carboxylic acids is 1.